The molecule has 4 N–H and O–H groups in total. The van der Waals surface area contributed by atoms with Gasteiger partial charge in [0.05, 0.1) is 88.3 Å². The molecule has 0 fully saturated rings. The predicted octanol–water partition coefficient (Wildman–Crippen LogP) is 7.76. The van der Waals surface area contributed by atoms with E-state index in [9.17, 15) is 9.59 Å². The molecule has 6 aromatic rings. The van der Waals surface area contributed by atoms with E-state index in [0.29, 0.717) is 91.6 Å². The number of carbonyl (C=O) groups is 2. The van der Waals surface area contributed by atoms with E-state index in [2.05, 4.69) is 25.8 Å². The van der Waals surface area contributed by atoms with Crippen molar-refractivity contribution in [3.05, 3.63) is 122 Å². The molecule has 0 bridgehead atoms. The number of hydrogen-bond donors (Lipinski definition) is 3. The van der Waals surface area contributed by atoms with Crippen LogP contribution >= 0.6 is 34.8 Å². The van der Waals surface area contributed by atoms with Crippen LogP contribution in [0.2, 0.25) is 15.2 Å². The standard InChI is InChI=1S/C20H20ClN5O2.C15H13Cl2N3O2.C4H7N3.CH4/c1-25-11-17-18(20(25)27)16(23-15-6-4-5-14(21)19(15)28-3)10-13(22-17)9-12-7-8-26(2)24-12;1-20-7-11-13(15(20)21)10(6-12(17)19-11)18-9-5-3-4-8(16)14(9)22-2;1-7-3-2-4(5)6-7;/h4-8,10H,9,11H2,1-3H3,(H,22,23);3-6H,7H2,1-2H3,(H,18,19);2-3H,1H3,(H2,5,6);1H4. The second kappa shape index (κ2) is 18.5. The molecule has 0 saturated heterocycles. The van der Waals surface area contributed by atoms with Gasteiger partial charge in [-0.15, -0.1) is 0 Å². The fraction of sp³-hybridized carbons (Fsp3) is 0.250. The molecule has 15 nitrogen and oxygen atoms in total. The molecule has 0 aliphatic carbocycles. The number of rotatable bonds is 8. The Balaban J connectivity index is 0.000000190. The summed E-state index contributed by atoms with van der Waals surface area (Å²) in [4.78, 5) is 37.1. The number of amides is 2. The highest BCUT2D eigenvalue weighted by molar-refractivity contribution is 6.33. The summed E-state index contributed by atoms with van der Waals surface area (Å²) in [6.07, 6.45) is 4.28. The number of ether oxygens (including phenoxy) is 2. The molecule has 18 heteroatoms. The summed E-state index contributed by atoms with van der Waals surface area (Å²) in [6.45, 7) is 0.918. The third-order valence-electron chi connectivity index (χ3n) is 8.85. The maximum absolute atomic E-state index is 12.7. The van der Waals surface area contributed by atoms with Crippen molar-refractivity contribution in [1.82, 2.24) is 39.3 Å². The number of carbonyl (C=O) groups excluding carboxylic acids is 2. The smallest absolute Gasteiger partial charge is 0.257 e. The number of nitrogens with one attached hydrogen (secondary N) is 2. The Hall–Kier alpha value is -6.03. The normalized spacial score (nSPS) is 12.4. The largest absolute Gasteiger partial charge is 0.493 e. The molecule has 2 aliphatic rings. The monoisotopic (exact) mass is 847 g/mol. The lowest BCUT2D eigenvalue weighted by molar-refractivity contribution is 0.0809. The first-order valence-corrected chi connectivity index (χ1v) is 18.6. The summed E-state index contributed by atoms with van der Waals surface area (Å²) >= 11 is 18.4. The number of para-hydroxylation sites is 2. The number of pyridine rings is 2. The van der Waals surface area contributed by atoms with Crippen LogP contribution in [0.15, 0.2) is 73.1 Å². The molecule has 2 aliphatic heterocycles. The van der Waals surface area contributed by atoms with Crippen LogP contribution in [-0.2, 0) is 33.6 Å². The Labute approximate surface area is 351 Å². The Bertz CT molecular complexity index is 2440. The van der Waals surface area contributed by atoms with E-state index in [4.69, 9.17) is 55.0 Å². The number of aryl methyl sites for hydroxylation is 2. The number of halogens is 3. The number of hydrogen-bond acceptors (Lipinski definition) is 11. The zero-order valence-corrected chi connectivity index (χ0v) is 34.2. The summed E-state index contributed by atoms with van der Waals surface area (Å²) in [6, 6.07) is 18.0. The summed E-state index contributed by atoms with van der Waals surface area (Å²) in [7, 11) is 10.3. The molecule has 304 valence electrons. The second-order valence-electron chi connectivity index (χ2n) is 13.1. The van der Waals surface area contributed by atoms with Crippen LogP contribution in [0.25, 0.3) is 0 Å². The number of fused-ring (bicyclic) bond motifs is 2. The summed E-state index contributed by atoms with van der Waals surface area (Å²) in [5.74, 6) is 1.45. The number of nitrogens with zero attached hydrogens (tertiary/aromatic N) is 8. The highest BCUT2D eigenvalue weighted by Crippen LogP contribution is 2.39. The number of benzene rings is 2. The van der Waals surface area contributed by atoms with Gasteiger partial charge in [0.15, 0.2) is 11.5 Å². The summed E-state index contributed by atoms with van der Waals surface area (Å²) < 4.78 is 14.2. The quantitative estimate of drug-likeness (QED) is 0.128. The molecule has 2 aromatic carbocycles. The van der Waals surface area contributed by atoms with Gasteiger partial charge in [-0.1, -0.05) is 54.4 Å². The van der Waals surface area contributed by atoms with Gasteiger partial charge in [0.2, 0.25) is 0 Å². The average molecular weight is 849 g/mol. The third-order valence-corrected chi connectivity index (χ3v) is 9.64. The topological polar surface area (TPSA) is 171 Å². The highest BCUT2D eigenvalue weighted by atomic mass is 35.5. The molecule has 0 unspecified atom stereocenters. The van der Waals surface area contributed by atoms with Crippen LogP contribution in [0, 0.1) is 0 Å². The first kappa shape index (κ1) is 43.1. The van der Waals surface area contributed by atoms with Crippen molar-refractivity contribution in [3.8, 4) is 11.5 Å². The van der Waals surface area contributed by atoms with E-state index < -0.39 is 0 Å². The second-order valence-corrected chi connectivity index (χ2v) is 14.3. The Kier molecular flexibility index (Phi) is 13.7. The van der Waals surface area contributed by atoms with Crippen molar-refractivity contribution in [2.75, 3.05) is 44.7 Å². The molecule has 8 rings (SSSR count). The molecule has 0 radical (unpaired) electrons. The molecule has 0 atom stereocenters. The van der Waals surface area contributed by atoms with Crippen molar-refractivity contribution in [2.45, 2.75) is 26.9 Å². The summed E-state index contributed by atoms with van der Waals surface area (Å²) in [5, 5.41) is 16.0. The number of nitrogens with two attached hydrogens (primary N) is 1. The maximum atomic E-state index is 12.7. The van der Waals surface area contributed by atoms with Gasteiger partial charge >= 0.3 is 0 Å². The molecule has 0 spiro atoms. The first-order chi connectivity index (χ1) is 27.3. The van der Waals surface area contributed by atoms with Crippen molar-refractivity contribution in [2.24, 2.45) is 14.1 Å². The number of nitrogen functional groups attached to an aromatic ring is 1. The predicted molar refractivity (Wildman–Crippen MR) is 228 cm³/mol. The van der Waals surface area contributed by atoms with E-state index in [0.717, 1.165) is 17.1 Å². The number of methoxy groups -OCH3 is 2. The molecule has 2 amide bonds. The van der Waals surface area contributed by atoms with Gasteiger partial charge in [-0.25, -0.2) is 4.98 Å². The van der Waals surface area contributed by atoms with E-state index in [-0.39, 0.29) is 19.2 Å². The van der Waals surface area contributed by atoms with Crippen molar-refractivity contribution < 1.29 is 19.1 Å². The molecule has 4 aromatic heterocycles. The van der Waals surface area contributed by atoms with Gasteiger partial charge in [-0.05, 0) is 48.5 Å². The molecular weight excluding hydrogens is 805 g/mol. The Morgan fingerprint density at radius 3 is 1.62 bits per heavy atom. The van der Waals surface area contributed by atoms with Crippen LogP contribution in [0.5, 0.6) is 11.5 Å². The Morgan fingerprint density at radius 1 is 0.672 bits per heavy atom. The van der Waals surface area contributed by atoms with Gasteiger partial charge < -0.3 is 35.6 Å². The molecule has 0 saturated carbocycles. The van der Waals surface area contributed by atoms with E-state index in [1.807, 2.05) is 50.6 Å². The maximum Gasteiger partial charge on any atom is 0.257 e. The lowest BCUT2D eigenvalue weighted by Gasteiger charge is -2.15. The van der Waals surface area contributed by atoms with E-state index in [1.165, 1.54) is 7.11 Å². The zero-order valence-electron chi connectivity index (χ0n) is 32.0. The minimum absolute atomic E-state index is 0. The number of aromatic nitrogens is 6. The summed E-state index contributed by atoms with van der Waals surface area (Å²) in [5.41, 5.74) is 12.1. The van der Waals surface area contributed by atoms with Crippen LogP contribution in [0.4, 0.5) is 28.6 Å². The van der Waals surface area contributed by atoms with Gasteiger partial charge in [0.1, 0.15) is 11.0 Å². The first-order valence-electron chi connectivity index (χ1n) is 17.4. The van der Waals surface area contributed by atoms with Gasteiger partial charge in [0, 0.05) is 52.7 Å². The van der Waals surface area contributed by atoms with Gasteiger partial charge in [-0.3, -0.25) is 23.9 Å². The molecule has 6 heterocycles. The minimum atomic E-state index is -0.0948. The SMILES string of the molecule is C.COc1c(Cl)cccc1Nc1cc(Cc2ccn(C)n2)nc2c1C(=O)N(C)C2.COc1c(Cl)cccc1Nc1cc(Cl)nc2c1C(=O)N(C)C2.Cn1ccc(N)n1. The van der Waals surface area contributed by atoms with Crippen LogP contribution in [0.1, 0.15) is 50.9 Å². The van der Waals surface area contributed by atoms with Gasteiger partial charge in [-0.2, -0.15) is 10.2 Å². The van der Waals surface area contributed by atoms with Crippen LogP contribution < -0.4 is 25.8 Å². The third kappa shape index (κ3) is 9.56. The lowest BCUT2D eigenvalue weighted by atomic mass is 10.1. The van der Waals surface area contributed by atoms with Crippen LogP contribution in [-0.4, -0.2) is 79.5 Å². The van der Waals surface area contributed by atoms with Crippen molar-refractivity contribution >= 4 is 75.2 Å². The fourth-order valence-electron chi connectivity index (χ4n) is 6.28. The fourth-order valence-corrected chi connectivity index (χ4v) is 7.00. The molecular formula is C40H44Cl3N11O4. The Morgan fingerprint density at radius 2 is 1.17 bits per heavy atom. The minimum Gasteiger partial charge on any atom is -0.493 e. The van der Waals surface area contributed by atoms with E-state index >= 15 is 0 Å². The van der Waals surface area contributed by atoms with Crippen molar-refractivity contribution in [1.29, 1.82) is 0 Å². The number of anilines is 5. The highest BCUT2D eigenvalue weighted by Gasteiger charge is 2.31. The lowest BCUT2D eigenvalue weighted by Crippen LogP contribution is -2.18. The zero-order chi connectivity index (χ0) is 41.0. The van der Waals surface area contributed by atoms with Crippen molar-refractivity contribution in [3.63, 3.8) is 0 Å². The molecule has 58 heavy (non-hydrogen) atoms. The average Bonchev–Trinajstić information content (AvgIpc) is 3.90. The van der Waals surface area contributed by atoms with Crippen LogP contribution in [0.3, 0.4) is 0 Å². The van der Waals surface area contributed by atoms with Gasteiger partial charge in [0.25, 0.3) is 11.8 Å². The van der Waals surface area contributed by atoms with E-state index in [1.54, 1.807) is 76.9 Å².